The number of hydrogen-bond donors (Lipinski definition) is 2. The summed E-state index contributed by atoms with van der Waals surface area (Å²) in [6.45, 7) is 0. The van der Waals surface area contributed by atoms with Gasteiger partial charge in [0, 0.05) is 36.4 Å². The molecule has 0 unspecified atom stereocenters. The van der Waals surface area contributed by atoms with Crippen LogP contribution in [0.15, 0.2) is 54.7 Å². The Bertz CT molecular complexity index is 1000. The largest absolute Gasteiger partial charge is 0.361 e. The first-order chi connectivity index (χ1) is 12.2. The summed E-state index contributed by atoms with van der Waals surface area (Å²) in [5.74, 6) is 0.562. The second-order valence-corrected chi connectivity index (χ2v) is 5.82. The quantitative estimate of drug-likeness (QED) is 0.601. The number of anilines is 1. The number of benzene rings is 2. The Kier molecular flexibility index (Phi) is 3.74. The minimum atomic E-state index is -0.0583. The molecule has 0 aliphatic rings. The van der Waals surface area contributed by atoms with E-state index in [9.17, 15) is 4.79 Å². The van der Waals surface area contributed by atoms with E-state index in [1.165, 1.54) is 0 Å². The number of fused-ring (bicyclic) bond motifs is 1. The maximum Gasteiger partial charge on any atom is 0.258 e. The molecule has 0 saturated heterocycles. The maximum absolute atomic E-state index is 12.7. The molecule has 7 nitrogen and oxygen atoms in total. The lowest BCUT2D eigenvalue weighted by Gasteiger charge is -2.17. The second-order valence-electron chi connectivity index (χ2n) is 5.82. The van der Waals surface area contributed by atoms with E-state index in [1.807, 2.05) is 54.7 Å². The van der Waals surface area contributed by atoms with Gasteiger partial charge in [0.05, 0.1) is 0 Å². The summed E-state index contributed by atoms with van der Waals surface area (Å²) in [5, 5.41) is 15.0. The first-order valence-electron chi connectivity index (χ1n) is 7.87. The summed E-state index contributed by atoms with van der Waals surface area (Å²) >= 11 is 0. The molecule has 2 aromatic heterocycles. The predicted molar refractivity (Wildman–Crippen MR) is 94.5 cm³/mol. The number of H-pyrrole nitrogens is 2. The fourth-order valence-corrected chi connectivity index (χ4v) is 2.76. The molecule has 25 heavy (non-hydrogen) atoms. The first kappa shape index (κ1) is 15.1. The average molecular weight is 332 g/mol. The fourth-order valence-electron chi connectivity index (χ4n) is 2.76. The molecule has 2 N–H and O–H groups in total. The zero-order valence-corrected chi connectivity index (χ0v) is 13.6. The number of tetrazole rings is 1. The van der Waals surface area contributed by atoms with Crippen molar-refractivity contribution in [1.29, 1.82) is 0 Å². The van der Waals surface area contributed by atoms with Crippen LogP contribution in [0.2, 0.25) is 0 Å². The molecule has 0 saturated carbocycles. The Morgan fingerprint density at radius 1 is 1.12 bits per heavy atom. The highest BCUT2D eigenvalue weighted by atomic mass is 16.2. The van der Waals surface area contributed by atoms with Crippen molar-refractivity contribution in [3.05, 3.63) is 71.7 Å². The van der Waals surface area contributed by atoms with Crippen molar-refractivity contribution in [2.24, 2.45) is 0 Å². The van der Waals surface area contributed by atoms with Gasteiger partial charge in [0.2, 0.25) is 0 Å². The molecule has 2 aromatic carbocycles. The number of aromatic nitrogens is 5. The highest BCUT2D eigenvalue weighted by Gasteiger charge is 2.14. The molecule has 4 aromatic rings. The van der Waals surface area contributed by atoms with E-state index in [2.05, 4.69) is 25.6 Å². The Hall–Kier alpha value is -3.48. The van der Waals surface area contributed by atoms with E-state index in [4.69, 9.17) is 0 Å². The normalized spacial score (nSPS) is 10.9. The van der Waals surface area contributed by atoms with Crippen LogP contribution in [0.5, 0.6) is 0 Å². The van der Waals surface area contributed by atoms with Crippen LogP contribution < -0.4 is 4.90 Å². The van der Waals surface area contributed by atoms with Gasteiger partial charge in [-0.3, -0.25) is 4.79 Å². The van der Waals surface area contributed by atoms with Crippen LogP contribution in [-0.4, -0.2) is 38.6 Å². The summed E-state index contributed by atoms with van der Waals surface area (Å²) in [7, 11) is 1.78. The van der Waals surface area contributed by atoms with E-state index in [-0.39, 0.29) is 5.91 Å². The number of carbonyl (C=O) groups is 1. The summed E-state index contributed by atoms with van der Waals surface area (Å²) in [6.07, 6.45) is 2.46. The van der Waals surface area contributed by atoms with Gasteiger partial charge in [-0.15, -0.1) is 10.2 Å². The molecule has 0 bridgehead atoms. The van der Waals surface area contributed by atoms with E-state index in [1.54, 1.807) is 11.9 Å². The number of nitrogens with zero attached hydrogens (tertiary/aromatic N) is 4. The van der Waals surface area contributed by atoms with Crippen LogP contribution >= 0.6 is 0 Å². The minimum Gasteiger partial charge on any atom is -0.361 e. The SMILES string of the molecule is CN(C(=O)c1ccc(Cc2nn[nH]n2)cc1)c1ccc2cc[nH]c2c1. The molecule has 7 heteroatoms. The maximum atomic E-state index is 12.7. The van der Waals surface area contributed by atoms with Crippen LogP contribution in [0.4, 0.5) is 5.69 Å². The number of carbonyl (C=O) groups excluding carboxylic acids is 1. The Morgan fingerprint density at radius 2 is 1.96 bits per heavy atom. The van der Waals surface area contributed by atoms with Crippen molar-refractivity contribution in [1.82, 2.24) is 25.6 Å². The molecule has 0 atom stereocenters. The van der Waals surface area contributed by atoms with Crippen LogP contribution in [0.1, 0.15) is 21.7 Å². The Labute approximate surface area is 143 Å². The lowest BCUT2D eigenvalue weighted by Crippen LogP contribution is -2.26. The average Bonchev–Trinajstić information content (AvgIpc) is 3.32. The molecule has 0 aliphatic heterocycles. The minimum absolute atomic E-state index is 0.0583. The lowest BCUT2D eigenvalue weighted by atomic mass is 10.1. The van der Waals surface area contributed by atoms with Crippen LogP contribution in [0, 0.1) is 0 Å². The molecule has 124 valence electrons. The third-order valence-electron chi connectivity index (χ3n) is 4.18. The lowest BCUT2D eigenvalue weighted by molar-refractivity contribution is 0.0993. The van der Waals surface area contributed by atoms with Gasteiger partial charge in [-0.05, 0) is 41.3 Å². The van der Waals surface area contributed by atoms with Crippen molar-refractivity contribution in [2.45, 2.75) is 6.42 Å². The number of aromatic amines is 2. The van der Waals surface area contributed by atoms with Crippen LogP contribution in [-0.2, 0) is 6.42 Å². The van der Waals surface area contributed by atoms with Gasteiger partial charge in [-0.25, -0.2) is 0 Å². The van der Waals surface area contributed by atoms with Crippen LogP contribution in [0.25, 0.3) is 10.9 Å². The molecule has 0 spiro atoms. The molecule has 2 heterocycles. The van der Waals surface area contributed by atoms with Gasteiger partial charge in [-0.2, -0.15) is 5.21 Å². The van der Waals surface area contributed by atoms with Crippen molar-refractivity contribution in [3.8, 4) is 0 Å². The number of amides is 1. The first-order valence-corrected chi connectivity index (χ1v) is 7.87. The fraction of sp³-hybridized carbons (Fsp3) is 0.111. The predicted octanol–water partition coefficient (Wildman–Crippen LogP) is 2.55. The van der Waals surface area contributed by atoms with E-state index < -0.39 is 0 Å². The van der Waals surface area contributed by atoms with Crippen molar-refractivity contribution in [2.75, 3.05) is 11.9 Å². The van der Waals surface area contributed by atoms with Gasteiger partial charge in [0.25, 0.3) is 5.91 Å². The number of hydrogen-bond acceptors (Lipinski definition) is 4. The zero-order valence-electron chi connectivity index (χ0n) is 13.6. The zero-order chi connectivity index (χ0) is 17.2. The third kappa shape index (κ3) is 2.99. The Balaban J connectivity index is 1.53. The summed E-state index contributed by atoms with van der Waals surface area (Å²) < 4.78 is 0. The molecule has 0 fully saturated rings. The topological polar surface area (TPSA) is 90.6 Å². The third-order valence-corrected chi connectivity index (χ3v) is 4.18. The van der Waals surface area contributed by atoms with Crippen molar-refractivity contribution in [3.63, 3.8) is 0 Å². The van der Waals surface area contributed by atoms with E-state index in [0.717, 1.165) is 22.2 Å². The van der Waals surface area contributed by atoms with E-state index in [0.29, 0.717) is 17.8 Å². The number of nitrogens with one attached hydrogen (secondary N) is 2. The summed E-state index contributed by atoms with van der Waals surface area (Å²) in [6, 6.07) is 15.4. The highest BCUT2D eigenvalue weighted by molar-refractivity contribution is 6.06. The molecule has 1 amide bonds. The second kappa shape index (κ2) is 6.20. The van der Waals surface area contributed by atoms with Crippen molar-refractivity contribution >= 4 is 22.5 Å². The molecular weight excluding hydrogens is 316 g/mol. The molecule has 4 rings (SSSR count). The van der Waals surface area contributed by atoms with Gasteiger partial charge < -0.3 is 9.88 Å². The van der Waals surface area contributed by atoms with Gasteiger partial charge >= 0.3 is 0 Å². The van der Waals surface area contributed by atoms with Crippen molar-refractivity contribution < 1.29 is 4.79 Å². The van der Waals surface area contributed by atoms with Gasteiger partial charge in [-0.1, -0.05) is 23.4 Å². The standard InChI is InChI=1S/C18H16N6O/c1-24(15-7-6-13-8-9-19-16(13)11-15)18(25)14-4-2-12(3-5-14)10-17-20-22-23-21-17/h2-9,11,19H,10H2,1H3,(H,20,21,22,23). The smallest absolute Gasteiger partial charge is 0.258 e. The highest BCUT2D eigenvalue weighted by Crippen LogP contribution is 2.22. The monoisotopic (exact) mass is 332 g/mol. The van der Waals surface area contributed by atoms with E-state index >= 15 is 0 Å². The van der Waals surface area contributed by atoms with Gasteiger partial charge in [0.15, 0.2) is 5.82 Å². The van der Waals surface area contributed by atoms with Gasteiger partial charge in [0.1, 0.15) is 0 Å². The molecule has 0 radical (unpaired) electrons. The summed E-state index contributed by atoms with van der Waals surface area (Å²) in [4.78, 5) is 17.5. The Morgan fingerprint density at radius 3 is 2.72 bits per heavy atom. The summed E-state index contributed by atoms with van der Waals surface area (Å²) in [5.41, 5.74) is 3.50. The van der Waals surface area contributed by atoms with Crippen LogP contribution in [0.3, 0.4) is 0 Å². The number of rotatable bonds is 4. The molecular formula is C18H16N6O. The molecule has 0 aliphatic carbocycles.